The van der Waals surface area contributed by atoms with Crippen molar-refractivity contribution in [1.82, 2.24) is 15.1 Å². The molecule has 0 saturated carbocycles. The summed E-state index contributed by atoms with van der Waals surface area (Å²) >= 11 is 0. The van der Waals surface area contributed by atoms with Gasteiger partial charge in [-0.25, -0.2) is 0 Å². The van der Waals surface area contributed by atoms with Crippen molar-refractivity contribution in [3.8, 4) is 22.9 Å². The number of likely N-dealkylation sites (tertiary alicyclic amines) is 1. The molecule has 0 spiro atoms. The number of rotatable bonds is 5. The highest BCUT2D eigenvalue weighted by Gasteiger charge is 2.29. The number of hydrogen-bond donors (Lipinski definition) is 0. The quantitative estimate of drug-likeness (QED) is 0.578. The van der Waals surface area contributed by atoms with Crippen LogP contribution in [0.5, 0.6) is 0 Å². The number of hydrogen-bond acceptors (Lipinski definition) is 6. The molecule has 1 aliphatic rings. The highest BCUT2D eigenvalue weighted by Crippen LogP contribution is 2.25. The van der Waals surface area contributed by atoms with Crippen molar-refractivity contribution in [2.75, 3.05) is 19.7 Å². The van der Waals surface area contributed by atoms with Crippen LogP contribution in [0.25, 0.3) is 22.9 Å². The van der Waals surface area contributed by atoms with Gasteiger partial charge in [0.1, 0.15) is 0 Å². The third-order valence-electron chi connectivity index (χ3n) is 5.40. The predicted octanol–water partition coefficient (Wildman–Crippen LogP) is 4.13. The number of aromatic nitrogens is 2. The van der Waals surface area contributed by atoms with E-state index in [0.717, 1.165) is 29.5 Å². The lowest BCUT2D eigenvalue weighted by atomic mass is 9.97. The van der Waals surface area contributed by atoms with Crippen LogP contribution in [0.1, 0.15) is 35.7 Å². The molecule has 2 aromatic carbocycles. The molecule has 31 heavy (non-hydrogen) atoms. The molecular formula is C24H25N3O4. The van der Waals surface area contributed by atoms with E-state index in [9.17, 15) is 9.59 Å². The molecule has 160 valence electrons. The molecule has 0 N–H and O–H groups in total. The molecule has 0 unspecified atom stereocenters. The molecule has 0 bridgehead atoms. The maximum atomic E-state index is 12.9. The molecule has 1 saturated heterocycles. The maximum Gasteiger partial charge on any atom is 0.310 e. The average molecular weight is 419 g/mol. The molecule has 1 aliphatic heterocycles. The number of ether oxygens (including phenoxy) is 1. The lowest BCUT2D eigenvalue weighted by Gasteiger charge is -2.31. The van der Waals surface area contributed by atoms with E-state index >= 15 is 0 Å². The summed E-state index contributed by atoms with van der Waals surface area (Å²) in [6.45, 7) is 5.18. The fourth-order valence-corrected chi connectivity index (χ4v) is 3.79. The first-order valence-corrected chi connectivity index (χ1v) is 10.5. The van der Waals surface area contributed by atoms with Gasteiger partial charge in [0, 0.05) is 29.8 Å². The van der Waals surface area contributed by atoms with E-state index < -0.39 is 0 Å². The highest BCUT2D eigenvalue weighted by molar-refractivity contribution is 5.95. The van der Waals surface area contributed by atoms with Crippen LogP contribution in [-0.4, -0.2) is 46.7 Å². The number of nitrogens with zero attached hydrogens (tertiary/aromatic N) is 3. The van der Waals surface area contributed by atoms with Gasteiger partial charge < -0.3 is 14.1 Å². The normalized spacial score (nSPS) is 16.2. The molecule has 3 aromatic rings. The molecule has 7 heteroatoms. The largest absolute Gasteiger partial charge is 0.466 e. The Labute approximate surface area is 181 Å². The molecule has 4 rings (SSSR count). The van der Waals surface area contributed by atoms with Gasteiger partial charge in [-0.15, -0.1) is 10.2 Å². The van der Waals surface area contributed by atoms with Crippen molar-refractivity contribution in [2.24, 2.45) is 5.92 Å². The van der Waals surface area contributed by atoms with E-state index in [2.05, 4.69) is 10.2 Å². The Morgan fingerprint density at radius 3 is 2.55 bits per heavy atom. The Morgan fingerprint density at radius 1 is 1.10 bits per heavy atom. The van der Waals surface area contributed by atoms with Gasteiger partial charge in [0.15, 0.2) is 0 Å². The monoisotopic (exact) mass is 419 g/mol. The minimum atomic E-state index is -0.254. The molecule has 0 aliphatic carbocycles. The number of carbonyl (C=O) groups is 2. The molecule has 2 heterocycles. The summed E-state index contributed by atoms with van der Waals surface area (Å²) in [5.41, 5.74) is 3.28. The minimum Gasteiger partial charge on any atom is -0.466 e. The first-order valence-electron chi connectivity index (χ1n) is 10.5. The van der Waals surface area contributed by atoms with Gasteiger partial charge in [-0.3, -0.25) is 9.59 Å². The standard InChI is InChI=1S/C24H25N3O4/c1-3-30-24(29)20-8-5-13-27(15-20)23(28)18-11-9-17(10-12-18)21-25-26-22(31-21)19-7-4-6-16(2)14-19/h4,6-7,9-12,14,20H,3,5,8,13,15H2,1-2H3/t20-/m1/s1. The van der Waals surface area contributed by atoms with Crippen LogP contribution >= 0.6 is 0 Å². The van der Waals surface area contributed by atoms with Gasteiger partial charge in [-0.05, 0) is 63.1 Å². The summed E-state index contributed by atoms with van der Waals surface area (Å²) < 4.78 is 10.9. The summed E-state index contributed by atoms with van der Waals surface area (Å²) in [5, 5.41) is 8.28. The van der Waals surface area contributed by atoms with Crippen LogP contribution in [-0.2, 0) is 9.53 Å². The second kappa shape index (κ2) is 9.12. The summed E-state index contributed by atoms with van der Waals surface area (Å²) in [6.07, 6.45) is 1.54. The van der Waals surface area contributed by atoms with E-state index in [1.54, 1.807) is 36.1 Å². The summed E-state index contributed by atoms with van der Waals surface area (Å²) in [6, 6.07) is 15.0. The fourth-order valence-electron chi connectivity index (χ4n) is 3.79. The second-order valence-electron chi connectivity index (χ2n) is 7.70. The summed E-state index contributed by atoms with van der Waals surface area (Å²) in [5.74, 6) is 0.283. The lowest BCUT2D eigenvalue weighted by molar-refractivity contribution is -0.149. The van der Waals surface area contributed by atoms with E-state index in [1.807, 2.05) is 31.2 Å². The zero-order valence-electron chi connectivity index (χ0n) is 17.7. The number of carbonyl (C=O) groups excluding carboxylic acids is 2. The van der Waals surface area contributed by atoms with E-state index in [1.165, 1.54) is 0 Å². The van der Waals surface area contributed by atoms with Crippen molar-refractivity contribution in [3.05, 3.63) is 59.7 Å². The topological polar surface area (TPSA) is 85.5 Å². The SMILES string of the molecule is CCOC(=O)[C@@H]1CCCN(C(=O)c2ccc(-c3nnc(-c4cccc(C)c4)o3)cc2)C1. The van der Waals surface area contributed by atoms with E-state index in [0.29, 0.717) is 37.0 Å². The van der Waals surface area contributed by atoms with Crippen LogP contribution in [0.15, 0.2) is 52.9 Å². The fraction of sp³-hybridized carbons (Fsp3) is 0.333. The Hall–Kier alpha value is -3.48. The zero-order chi connectivity index (χ0) is 21.8. The zero-order valence-corrected chi connectivity index (χ0v) is 17.7. The van der Waals surface area contributed by atoms with Crippen LogP contribution in [0.3, 0.4) is 0 Å². The first kappa shape index (κ1) is 20.8. The number of piperidine rings is 1. The van der Waals surface area contributed by atoms with Crippen LogP contribution < -0.4 is 0 Å². The van der Waals surface area contributed by atoms with Gasteiger partial charge in [0.25, 0.3) is 5.91 Å². The van der Waals surface area contributed by atoms with Crippen molar-refractivity contribution in [3.63, 3.8) is 0 Å². The third kappa shape index (κ3) is 4.66. The highest BCUT2D eigenvalue weighted by atomic mass is 16.5. The maximum absolute atomic E-state index is 12.9. The van der Waals surface area contributed by atoms with E-state index in [4.69, 9.17) is 9.15 Å². The Kier molecular flexibility index (Phi) is 6.11. The van der Waals surface area contributed by atoms with Crippen LogP contribution in [0.4, 0.5) is 0 Å². The first-order chi connectivity index (χ1) is 15.0. The van der Waals surface area contributed by atoms with Crippen LogP contribution in [0.2, 0.25) is 0 Å². The Bertz CT molecular complexity index is 1070. The van der Waals surface area contributed by atoms with Gasteiger partial charge in [-0.2, -0.15) is 0 Å². The lowest BCUT2D eigenvalue weighted by Crippen LogP contribution is -2.42. The Balaban J connectivity index is 1.46. The van der Waals surface area contributed by atoms with Gasteiger partial charge >= 0.3 is 5.97 Å². The van der Waals surface area contributed by atoms with Crippen molar-refractivity contribution >= 4 is 11.9 Å². The van der Waals surface area contributed by atoms with Gasteiger partial charge in [-0.1, -0.05) is 17.7 Å². The molecule has 1 amide bonds. The number of esters is 1. The van der Waals surface area contributed by atoms with Crippen molar-refractivity contribution in [2.45, 2.75) is 26.7 Å². The van der Waals surface area contributed by atoms with Crippen molar-refractivity contribution in [1.29, 1.82) is 0 Å². The molecular weight excluding hydrogens is 394 g/mol. The van der Waals surface area contributed by atoms with Crippen molar-refractivity contribution < 1.29 is 18.7 Å². The molecule has 1 fully saturated rings. The number of amides is 1. The minimum absolute atomic E-state index is 0.0912. The second-order valence-corrected chi connectivity index (χ2v) is 7.70. The molecule has 1 atom stereocenters. The smallest absolute Gasteiger partial charge is 0.310 e. The number of aryl methyl sites for hydroxylation is 1. The molecule has 7 nitrogen and oxygen atoms in total. The predicted molar refractivity (Wildman–Crippen MR) is 115 cm³/mol. The van der Waals surface area contributed by atoms with Gasteiger partial charge in [0.2, 0.25) is 11.8 Å². The Morgan fingerprint density at radius 2 is 1.84 bits per heavy atom. The van der Waals surface area contributed by atoms with E-state index in [-0.39, 0.29) is 17.8 Å². The molecule has 0 radical (unpaired) electrons. The van der Waals surface area contributed by atoms with Gasteiger partial charge in [0.05, 0.1) is 12.5 Å². The number of benzene rings is 2. The molecule has 1 aromatic heterocycles. The van der Waals surface area contributed by atoms with Crippen LogP contribution in [0, 0.1) is 12.8 Å². The average Bonchev–Trinajstić information content (AvgIpc) is 3.29. The summed E-state index contributed by atoms with van der Waals surface area (Å²) in [4.78, 5) is 26.7. The third-order valence-corrected chi connectivity index (χ3v) is 5.40. The summed E-state index contributed by atoms with van der Waals surface area (Å²) in [7, 11) is 0.